The van der Waals surface area contributed by atoms with E-state index in [0.29, 0.717) is 26.2 Å². The minimum atomic E-state index is -0.212. The topological polar surface area (TPSA) is 81.1 Å². The molecule has 0 unspecified atom stereocenters. The Morgan fingerprint density at radius 1 is 1.07 bits per heavy atom. The molecule has 0 saturated carbocycles. The van der Waals surface area contributed by atoms with Crippen LogP contribution in [0, 0.1) is 13.8 Å². The van der Waals surface area contributed by atoms with Crippen LogP contribution in [-0.2, 0) is 13.1 Å². The molecule has 3 aromatic rings. The molecule has 28 heavy (non-hydrogen) atoms. The zero-order chi connectivity index (χ0) is 19.8. The SMILES string of the molecule is Cc1ccc(OCCNC(=O)NCc2ccc(Cn3cncn3)cc2)c(C)c1. The fourth-order valence-electron chi connectivity index (χ4n) is 2.80. The zero-order valence-electron chi connectivity index (χ0n) is 16.2. The number of aromatic nitrogens is 3. The van der Waals surface area contributed by atoms with Gasteiger partial charge < -0.3 is 15.4 Å². The van der Waals surface area contributed by atoms with Gasteiger partial charge in [-0.25, -0.2) is 14.5 Å². The summed E-state index contributed by atoms with van der Waals surface area (Å²) >= 11 is 0. The minimum Gasteiger partial charge on any atom is -0.491 e. The van der Waals surface area contributed by atoms with Crippen LogP contribution in [0.2, 0.25) is 0 Å². The summed E-state index contributed by atoms with van der Waals surface area (Å²) in [6, 6.07) is 13.9. The van der Waals surface area contributed by atoms with Crippen LogP contribution in [0.15, 0.2) is 55.1 Å². The van der Waals surface area contributed by atoms with Crippen molar-refractivity contribution in [2.24, 2.45) is 0 Å². The Hall–Kier alpha value is -3.35. The first-order valence-electron chi connectivity index (χ1n) is 9.22. The Kier molecular flexibility index (Phi) is 6.62. The Morgan fingerprint density at radius 3 is 2.57 bits per heavy atom. The van der Waals surface area contributed by atoms with Crippen molar-refractivity contribution in [3.63, 3.8) is 0 Å². The highest BCUT2D eigenvalue weighted by Crippen LogP contribution is 2.18. The molecule has 0 aliphatic rings. The van der Waals surface area contributed by atoms with E-state index < -0.39 is 0 Å². The molecular weight excluding hydrogens is 354 g/mol. The lowest BCUT2D eigenvalue weighted by Gasteiger charge is -2.11. The van der Waals surface area contributed by atoms with Gasteiger partial charge in [0.2, 0.25) is 0 Å². The van der Waals surface area contributed by atoms with Crippen molar-refractivity contribution >= 4 is 6.03 Å². The van der Waals surface area contributed by atoms with Crippen molar-refractivity contribution in [2.75, 3.05) is 13.2 Å². The highest BCUT2D eigenvalue weighted by molar-refractivity contribution is 5.73. The minimum absolute atomic E-state index is 0.212. The van der Waals surface area contributed by atoms with E-state index in [4.69, 9.17) is 4.74 Å². The monoisotopic (exact) mass is 379 g/mol. The van der Waals surface area contributed by atoms with E-state index >= 15 is 0 Å². The summed E-state index contributed by atoms with van der Waals surface area (Å²) in [4.78, 5) is 15.9. The molecule has 2 aromatic carbocycles. The van der Waals surface area contributed by atoms with Gasteiger partial charge in [-0.15, -0.1) is 0 Å². The molecule has 2 N–H and O–H groups in total. The number of carbonyl (C=O) groups is 1. The average Bonchev–Trinajstić information content (AvgIpc) is 3.19. The van der Waals surface area contributed by atoms with Gasteiger partial charge in [0, 0.05) is 6.54 Å². The quantitative estimate of drug-likeness (QED) is 0.590. The standard InChI is InChI=1S/C21H25N5O2/c1-16-3-8-20(17(2)11-16)28-10-9-23-21(27)24-12-18-4-6-19(7-5-18)13-26-15-22-14-25-26/h3-8,11,14-15H,9-10,12-13H2,1-2H3,(H2,23,24,27). The van der Waals surface area contributed by atoms with Gasteiger partial charge in [-0.1, -0.05) is 42.0 Å². The van der Waals surface area contributed by atoms with Crippen LogP contribution < -0.4 is 15.4 Å². The van der Waals surface area contributed by atoms with E-state index in [9.17, 15) is 4.79 Å². The number of hydrogen-bond donors (Lipinski definition) is 2. The number of nitrogens with zero attached hydrogens (tertiary/aromatic N) is 3. The van der Waals surface area contributed by atoms with Crippen molar-refractivity contribution in [1.29, 1.82) is 0 Å². The number of hydrogen-bond acceptors (Lipinski definition) is 4. The maximum Gasteiger partial charge on any atom is 0.315 e. The number of nitrogens with one attached hydrogen (secondary N) is 2. The van der Waals surface area contributed by atoms with Gasteiger partial charge >= 0.3 is 6.03 Å². The zero-order valence-corrected chi connectivity index (χ0v) is 16.2. The van der Waals surface area contributed by atoms with Crippen molar-refractivity contribution in [3.8, 4) is 5.75 Å². The number of ether oxygens (including phenoxy) is 1. The summed E-state index contributed by atoms with van der Waals surface area (Å²) in [7, 11) is 0. The molecule has 146 valence electrons. The second-order valence-corrected chi connectivity index (χ2v) is 6.64. The fraction of sp³-hybridized carbons (Fsp3) is 0.286. The average molecular weight is 379 g/mol. The Morgan fingerprint density at radius 2 is 1.86 bits per heavy atom. The van der Waals surface area contributed by atoms with Gasteiger partial charge in [0.25, 0.3) is 0 Å². The summed E-state index contributed by atoms with van der Waals surface area (Å²) in [6.07, 6.45) is 3.20. The Labute approximate surface area is 164 Å². The molecule has 1 aromatic heterocycles. The molecule has 3 rings (SSSR count). The van der Waals surface area contributed by atoms with Gasteiger partial charge in [-0.05, 0) is 36.6 Å². The summed E-state index contributed by atoms with van der Waals surface area (Å²) in [5.74, 6) is 0.846. The third kappa shape index (κ3) is 5.84. The van der Waals surface area contributed by atoms with Crippen LogP contribution in [0.1, 0.15) is 22.3 Å². The van der Waals surface area contributed by atoms with Crippen LogP contribution in [0.3, 0.4) is 0 Å². The number of benzene rings is 2. The normalized spacial score (nSPS) is 10.5. The van der Waals surface area contributed by atoms with Gasteiger partial charge in [0.05, 0.1) is 13.1 Å². The van der Waals surface area contributed by atoms with E-state index in [0.717, 1.165) is 22.4 Å². The van der Waals surface area contributed by atoms with E-state index in [2.05, 4.69) is 26.8 Å². The number of carbonyl (C=O) groups excluding carboxylic acids is 1. The molecule has 0 atom stereocenters. The fourth-order valence-corrected chi connectivity index (χ4v) is 2.80. The third-order valence-electron chi connectivity index (χ3n) is 4.26. The molecule has 0 bridgehead atoms. The molecule has 0 radical (unpaired) electrons. The lowest BCUT2D eigenvalue weighted by atomic mass is 10.1. The van der Waals surface area contributed by atoms with Gasteiger partial charge in [0.1, 0.15) is 25.0 Å². The van der Waals surface area contributed by atoms with Crippen molar-refractivity contribution in [1.82, 2.24) is 25.4 Å². The molecular formula is C21H25N5O2. The Bertz CT molecular complexity index is 892. The number of urea groups is 1. The highest BCUT2D eigenvalue weighted by atomic mass is 16.5. The van der Waals surface area contributed by atoms with E-state index in [1.54, 1.807) is 11.0 Å². The summed E-state index contributed by atoms with van der Waals surface area (Å²) in [6.45, 7) is 6.07. The predicted molar refractivity (Wildman–Crippen MR) is 107 cm³/mol. The van der Waals surface area contributed by atoms with Crippen LogP contribution in [0.5, 0.6) is 5.75 Å². The molecule has 0 aliphatic heterocycles. The molecule has 7 heteroatoms. The second-order valence-electron chi connectivity index (χ2n) is 6.64. The number of rotatable bonds is 8. The molecule has 0 fully saturated rings. The first kappa shape index (κ1) is 19.4. The molecule has 7 nitrogen and oxygen atoms in total. The van der Waals surface area contributed by atoms with Crippen molar-refractivity contribution in [3.05, 3.63) is 77.4 Å². The maximum atomic E-state index is 11.9. The molecule has 1 heterocycles. The molecule has 0 spiro atoms. The summed E-state index contributed by atoms with van der Waals surface area (Å²) in [5.41, 5.74) is 4.46. The first-order valence-corrected chi connectivity index (χ1v) is 9.22. The summed E-state index contributed by atoms with van der Waals surface area (Å²) in [5, 5.41) is 9.74. The largest absolute Gasteiger partial charge is 0.491 e. The lowest BCUT2D eigenvalue weighted by Crippen LogP contribution is -2.37. The van der Waals surface area contributed by atoms with Gasteiger partial charge in [-0.3, -0.25) is 0 Å². The van der Waals surface area contributed by atoms with Crippen LogP contribution in [0.25, 0.3) is 0 Å². The Balaban J connectivity index is 1.35. The van der Waals surface area contributed by atoms with E-state index in [-0.39, 0.29) is 6.03 Å². The van der Waals surface area contributed by atoms with Crippen LogP contribution >= 0.6 is 0 Å². The summed E-state index contributed by atoms with van der Waals surface area (Å²) < 4.78 is 7.47. The smallest absolute Gasteiger partial charge is 0.315 e. The van der Waals surface area contributed by atoms with Crippen LogP contribution in [0.4, 0.5) is 4.79 Å². The highest BCUT2D eigenvalue weighted by Gasteiger charge is 2.03. The number of aryl methyl sites for hydroxylation is 2. The van der Waals surface area contributed by atoms with Crippen LogP contribution in [-0.4, -0.2) is 33.9 Å². The first-order chi connectivity index (χ1) is 13.6. The van der Waals surface area contributed by atoms with E-state index in [1.807, 2.05) is 50.2 Å². The van der Waals surface area contributed by atoms with Gasteiger partial charge in [0.15, 0.2) is 0 Å². The van der Waals surface area contributed by atoms with Crippen molar-refractivity contribution < 1.29 is 9.53 Å². The number of amides is 2. The second kappa shape index (κ2) is 9.55. The maximum absolute atomic E-state index is 11.9. The molecule has 0 saturated heterocycles. The lowest BCUT2D eigenvalue weighted by molar-refractivity contribution is 0.236. The van der Waals surface area contributed by atoms with Gasteiger partial charge in [-0.2, -0.15) is 5.10 Å². The molecule has 2 amide bonds. The predicted octanol–water partition coefficient (Wildman–Crippen LogP) is 2.82. The van der Waals surface area contributed by atoms with Crippen molar-refractivity contribution in [2.45, 2.75) is 26.9 Å². The molecule has 0 aliphatic carbocycles. The van der Waals surface area contributed by atoms with E-state index in [1.165, 1.54) is 11.9 Å². The third-order valence-corrected chi connectivity index (χ3v) is 4.26.